The second-order valence-corrected chi connectivity index (χ2v) is 8.09. The molecule has 0 saturated carbocycles. The van der Waals surface area contributed by atoms with Crippen molar-refractivity contribution in [2.45, 2.75) is 18.2 Å². The zero-order chi connectivity index (χ0) is 24.9. The molecule has 0 spiro atoms. The Hall–Kier alpha value is -4.02. The molecule has 35 heavy (non-hydrogen) atoms. The van der Waals surface area contributed by atoms with Gasteiger partial charge in [0.05, 0.1) is 24.8 Å². The van der Waals surface area contributed by atoms with Gasteiger partial charge >= 0.3 is 0 Å². The number of carbonyl (C=O) groups is 2. The fraction of sp³-hybridized carbons (Fsp3) is 0.240. The number of aliphatic hydroxyl groups is 1. The third kappa shape index (κ3) is 5.23. The number of methoxy groups -OCH3 is 1. The van der Waals surface area contributed by atoms with E-state index in [2.05, 4.69) is 20.9 Å². The van der Waals surface area contributed by atoms with Crippen LogP contribution in [0.3, 0.4) is 0 Å². The third-order valence-corrected chi connectivity index (χ3v) is 5.89. The van der Waals surface area contributed by atoms with Crippen LogP contribution in [-0.2, 0) is 0 Å². The molecule has 1 unspecified atom stereocenters. The number of hydrogen-bond donors (Lipinski definition) is 5. The van der Waals surface area contributed by atoms with Gasteiger partial charge in [0.25, 0.3) is 11.8 Å². The molecule has 0 bridgehead atoms. The zero-order valence-corrected chi connectivity index (χ0v) is 18.9. The lowest BCUT2D eigenvalue weighted by atomic mass is 9.98. The Balaban J connectivity index is 1.42. The summed E-state index contributed by atoms with van der Waals surface area (Å²) in [7, 11) is 1.29. The first-order chi connectivity index (χ1) is 16.9. The van der Waals surface area contributed by atoms with E-state index in [0.29, 0.717) is 24.2 Å². The Bertz CT molecular complexity index is 1210. The average molecular weight is 480 g/mol. The van der Waals surface area contributed by atoms with Crippen LogP contribution in [0.2, 0.25) is 0 Å². The number of hydrogen-bond acceptors (Lipinski definition) is 7. The largest absolute Gasteiger partial charge is 0.507 e. The molecule has 0 radical (unpaired) electrons. The van der Waals surface area contributed by atoms with E-state index in [1.807, 2.05) is 0 Å². The monoisotopic (exact) mass is 480 g/mol. The van der Waals surface area contributed by atoms with Crippen molar-refractivity contribution in [2.24, 2.45) is 0 Å². The first kappa shape index (κ1) is 24.1. The van der Waals surface area contributed by atoms with Gasteiger partial charge in [-0.1, -0.05) is 12.1 Å². The molecular weight excluding hydrogens is 455 g/mol. The van der Waals surface area contributed by atoms with Crippen LogP contribution in [0, 0.1) is 5.82 Å². The molecule has 4 rings (SSSR count). The zero-order valence-electron chi connectivity index (χ0n) is 18.9. The fourth-order valence-corrected chi connectivity index (χ4v) is 3.95. The van der Waals surface area contributed by atoms with Crippen LogP contribution in [0.4, 0.5) is 4.39 Å². The second kappa shape index (κ2) is 10.5. The van der Waals surface area contributed by atoms with Gasteiger partial charge in [0.15, 0.2) is 11.6 Å². The first-order valence-electron chi connectivity index (χ1n) is 10.9. The Morgan fingerprint density at radius 1 is 1.00 bits per heavy atom. The molecule has 182 valence electrons. The smallest absolute Gasteiger partial charge is 0.251 e. The van der Waals surface area contributed by atoms with Crippen LogP contribution >= 0.6 is 0 Å². The summed E-state index contributed by atoms with van der Waals surface area (Å²) in [5.74, 6) is -2.00. The SMILES string of the molecule is COc1ccc(O)c(C(O)c2ccc(C(=O)N[C@@H]3CNC[C@H]3NC(=O)c3ccncc3)cc2)c1F. The summed E-state index contributed by atoms with van der Waals surface area (Å²) in [6.07, 6.45) is 1.60. The lowest BCUT2D eigenvalue weighted by Gasteiger charge is -2.21. The Morgan fingerprint density at radius 3 is 2.14 bits per heavy atom. The maximum absolute atomic E-state index is 14.6. The Morgan fingerprint density at radius 2 is 1.57 bits per heavy atom. The number of phenolic OH excluding ortho intramolecular Hbond substituents is 1. The lowest BCUT2D eigenvalue weighted by molar-refractivity contribution is 0.0896. The van der Waals surface area contributed by atoms with E-state index in [-0.39, 0.29) is 40.8 Å². The van der Waals surface area contributed by atoms with Gasteiger partial charge in [0.2, 0.25) is 0 Å². The van der Waals surface area contributed by atoms with Crippen molar-refractivity contribution in [1.82, 2.24) is 20.9 Å². The van der Waals surface area contributed by atoms with E-state index >= 15 is 0 Å². The van der Waals surface area contributed by atoms with Crippen molar-refractivity contribution in [3.8, 4) is 11.5 Å². The number of amides is 2. The standard InChI is InChI=1S/C25H25FN4O5/c1-35-20-7-6-19(31)21(22(20)26)23(32)14-2-4-15(5-3-14)24(33)29-17-12-28-13-18(17)30-25(34)16-8-10-27-11-9-16/h2-11,17-18,23,28,31-32H,12-13H2,1H3,(H,29,33)(H,30,34)/t17-,18-,23?/m1/s1. The van der Waals surface area contributed by atoms with Crippen LogP contribution < -0.4 is 20.7 Å². The predicted molar refractivity (Wildman–Crippen MR) is 125 cm³/mol. The molecule has 2 heterocycles. The van der Waals surface area contributed by atoms with Crippen molar-refractivity contribution >= 4 is 11.8 Å². The number of nitrogens with one attached hydrogen (secondary N) is 3. The van der Waals surface area contributed by atoms with Crippen LogP contribution in [-0.4, -0.2) is 59.3 Å². The topological polar surface area (TPSA) is 133 Å². The van der Waals surface area contributed by atoms with E-state index in [1.165, 1.54) is 55.9 Å². The highest BCUT2D eigenvalue weighted by Gasteiger charge is 2.30. The number of rotatable bonds is 7. The first-order valence-corrected chi connectivity index (χ1v) is 10.9. The van der Waals surface area contributed by atoms with Gasteiger partial charge in [0.1, 0.15) is 11.9 Å². The van der Waals surface area contributed by atoms with E-state index < -0.39 is 17.7 Å². The summed E-state index contributed by atoms with van der Waals surface area (Å²) in [6, 6.07) is 11.0. The number of phenols is 1. The number of carbonyl (C=O) groups excluding carboxylic acids is 2. The van der Waals surface area contributed by atoms with Gasteiger partial charge in [-0.2, -0.15) is 0 Å². The molecule has 1 aliphatic rings. The van der Waals surface area contributed by atoms with Gasteiger partial charge in [-0.05, 0) is 42.0 Å². The van der Waals surface area contributed by atoms with Crippen molar-refractivity contribution in [2.75, 3.05) is 20.2 Å². The van der Waals surface area contributed by atoms with E-state index in [4.69, 9.17) is 4.74 Å². The molecule has 9 nitrogen and oxygen atoms in total. The highest BCUT2D eigenvalue weighted by Crippen LogP contribution is 2.35. The van der Waals surface area contributed by atoms with Gasteiger partial charge in [-0.3, -0.25) is 14.6 Å². The van der Waals surface area contributed by atoms with Crippen LogP contribution in [0.25, 0.3) is 0 Å². The van der Waals surface area contributed by atoms with Crippen molar-refractivity contribution < 1.29 is 28.9 Å². The minimum Gasteiger partial charge on any atom is -0.507 e. The number of ether oxygens (including phenoxy) is 1. The third-order valence-electron chi connectivity index (χ3n) is 5.89. The van der Waals surface area contributed by atoms with Crippen LogP contribution in [0.15, 0.2) is 60.9 Å². The molecule has 1 aromatic heterocycles. The molecule has 1 fully saturated rings. The maximum Gasteiger partial charge on any atom is 0.251 e. The average Bonchev–Trinajstić information content (AvgIpc) is 3.30. The van der Waals surface area contributed by atoms with Crippen molar-refractivity contribution in [3.63, 3.8) is 0 Å². The molecule has 2 amide bonds. The fourth-order valence-electron chi connectivity index (χ4n) is 3.95. The quantitative estimate of drug-likeness (QED) is 0.346. The van der Waals surface area contributed by atoms with Gasteiger partial charge in [-0.15, -0.1) is 0 Å². The maximum atomic E-state index is 14.6. The minimum atomic E-state index is -1.46. The van der Waals surface area contributed by atoms with Gasteiger partial charge < -0.3 is 30.9 Å². The molecular formula is C25H25FN4O5. The Kier molecular flexibility index (Phi) is 7.23. The summed E-state index contributed by atoms with van der Waals surface area (Å²) in [5, 5.41) is 29.7. The van der Waals surface area contributed by atoms with Crippen LogP contribution in [0.1, 0.15) is 37.9 Å². The number of halogens is 1. The van der Waals surface area contributed by atoms with E-state index in [0.717, 1.165) is 0 Å². The van der Waals surface area contributed by atoms with Crippen molar-refractivity contribution in [1.29, 1.82) is 0 Å². The van der Waals surface area contributed by atoms with Gasteiger partial charge in [0, 0.05) is 36.6 Å². The molecule has 3 aromatic rings. The van der Waals surface area contributed by atoms with E-state index in [1.54, 1.807) is 12.1 Å². The summed E-state index contributed by atoms with van der Waals surface area (Å²) >= 11 is 0. The van der Waals surface area contributed by atoms with Crippen molar-refractivity contribution in [3.05, 3.63) is 89.0 Å². The number of aromatic hydroxyl groups is 1. The molecule has 3 atom stereocenters. The van der Waals surface area contributed by atoms with E-state index in [9.17, 15) is 24.2 Å². The number of benzene rings is 2. The predicted octanol–water partition coefficient (Wildman–Crippen LogP) is 1.52. The normalized spacial score (nSPS) is 18.0. The molecule has 1 aliphatic heterocycles. The highest BCUT2D eigenvalue weighted by molar-refractivity contribution is 5.95. The molecule has 1 saturated heterocycles. The highest BCUT2D eigenvalue weighted by atomic mass is 19.1. The number of nitrogens with zero attached hydrogens (tertiary/aromatic N) is 1. The number of aromatic nitrogens is 1. The molecule has 0 aliphatic carbocycles. The summed E-state index contributed by atoms with van der Waals surface area (Å²) < 4.78 is 19.5. The molecule has 5 N–H and O–H groups in total. The second-order valence-electron chi connectivity index (χ2n) is 8.09. The summed E-state index contributed by atoms with van der Waals surface area (Å²) in [6.45, 7) is 0.987. The summed E-state index contributed by atoms with van der Waals surface area (Å²) in [4.78, 5) is 29.2. The minimum absolute atomic E-state index is 0.108. The molecule has 10 heteroatoms. The number of aliphatic hydroxyl groups excluding tert-OH is 1. The summed E-state index contributed by atoms with van der Waals surface area (Å²) in [5.41, 5.74) is 0.771. The number of pyridine rings is 1. The Labute approximate surface area is 201 Å². The lowest BCUT2D eigenvalue weighted by Crippen LogP contribution is -2.51. The van der Waals surface area contributed by atoms with Crippen LogP contribution in [0.5, 0.6) is 11.5 Å². The molecule has 2 aromatic carbocycles. The van der Waals surface area contributed by atoms with Gasteiger partial charge in [-0.25, -0.2) is 4.39 Å².